The molecule has 0 fully saturated rings. The van der Waals surface area contributed by atoms with Gasteiger partial charge in [0.2, 0.25) is 0 Å². The Balaban J connectivity index is 2.76. The van der Waals surface area contributed by atoms with Gasteiger partial charge >= 0.3 is 0 Å². The maximum atomic E-state index is 12.1. The maximum Gasteiger partial charge on any atom is 0.257 e. The van der Waals surface area contributed by atoms with Gasteiger partial charge in [0.15, 0.2) is 5.03 Å². The summed E-state index contributed by atoms with van der Waals surface area (Å²) in [4.78, 5) is 1.97. The van der Waals surface area contributed by atoms with E-state index in [2.05, 4.69) is 28.8 Å². The van der Waals surface area contributed by atoms with Gasteiger partial charge in [-0.15, -0.1) is 0 Å². The number of rotatable bonds is 7. The van der Waals surface area contributed by atoms with Gasteiger partial charge < -0.3 is 4.90 Å². The number of likely N-dealkylation sites (N-methyl/N-ethyl adjacent to an activating group) is 1. The highest BCUT2D eigenvalue weighted by Gasteiger charge is 2.22. The van der Waals surface area contributed by atoms with Gasteiger partial charge in [-0.2, -0.15) is 5.10 Å². The molecule has 0 aliphatic carbocycles. The second kappa shape index (κ2) is 6.31. The third-order valence-electron chi connectivity index (χ3n) is 2.43. The van der Waals surface area contributed by atoms with Crippen molar-refractivity contribution in [3.05, 3.63) is 12.3 Å². The highest BCUT2D eigenvalue weighted by atomic mass is 32.2. The highest BCUT2D eigenvalue weighted by molar-refractivity contribution is 7.89. The number of hydrogen-bond acceptors (Lipinski definition) is 4. The quantitative estimate of drug-likeness (QED) is 0.766. The first-order valence-electron chi connectivity index (χ1n) is 5.97. The molecule has 2 N–H and O–H groups in total. The normalized spacial score (nSPS) is 14.3. The summed E-state index contributed by atoms with van der Waals surface area (Å²) in [7, 11) is 0.355. The van der Waals surface area contributed by atoms with E-state index in [1.54, 1.807) is 0 Å². The summed E-state index contributed by atoms with van der Waals surface area (Å²) >= 11 is 0. The molecule has 0 spiro atoms. The van der Waals surface area contributed by atoms with Crippen molar-refractivity contribution >= 4 is 10.0 Å². The highest BCUT2D eigenvalue weighted by Crippen LogP contribution is 2.10. The first kappa shape index (κ1) is 15.1. The molecule has 0 amide bonds. The van der Waals surface area contributed by atoms with Crippen LogP contribution in [-0.2, 0) is 10.0 Å². The fourth-order valence-electron chi connectivity index (χ4n) is 1.85. The SMILES string of the molecule is CC(C)CC(CN(C)C)NS(=O)(=O)c1ccn[nH]1. The first-order valence-corrected chi connectivity index (χ1v) is 7.46. The lowest BCUT2D eigenvalue weighted by atomic mass is 10.0. The molecule has 1 atom stereocenters. The minimum Gasteiger partial charge on any atom is -0.308 e. The Bertz CT molecular complexity index is 430. The van der Waals surface area contributed by atoms with Crippen LogP contribution in [0.5, 0.6) is 0 Å². The van der Waals surface area contributed by atoms with E-state index in [9.17, 15) is 8.42 Å². The first-order chi connectivity index (χ1) is 8.31. The summed E-state index contributed by atoms with van der Waals surface area (Å²) in [5.41, 5.74) is 0. The van der Waals surface area contributed by atoms with Crippen LogP contribution >= 0.6 is 0 Å². The number of aromatic nitrogens is 2. The van der Waals surface area contributed by atoms with Crippen LogP contribution in [0, 0.1) is 5.92 Å². The molecular formula is C11H22N4O2S. The Morgan fingerprint density at radius 1 is 1.44 bits per heavy atom. The number of hydrogen-bond donors (Lipinski definition) is 2. The van der Waals surface area contributed by atoms with Crippen LogP contribution in [0.25, 0.3) is 0 Å². The lowest BCUT2D eigenvalue weighted by Crippen LogP contribution is -2.42. The van der Waals surface area contributed by atoms with E-state index in [1.165, 1.54) is 12.3 Å². The molecular weight excluding hydrogens is 252 g/mol. The average molecular weight is 274 g/mol. The van der Waals surface area contributed by atoms with E-state index in [4.69, 9.17) is 0 Å². The molecule has 1 heterocycles. The summed E-state index contributed by atoms with van der Waals surface area (Å²) in [6, 6.07) is 1.35. The largest absolute Gasteiger partial charge is 0.308 e. The van der Waals surface area contributed by atoms with Crippen LogP contribution in [0.3, 0.4) is 0 Å². The number of aromatic amines is 1. The van der Waals surface area contributed by atoms with E-state index >= 15 is 0 Å². The van der Waals surface area contributed by atoms with Crippen LogP contribution in [0.4, 0.5) is 0 Å². The Labute approximate surface area is 109 Å². The molecule has 0 aliphatic heterocycles. The molecule has 104 valence electrons. The molecule has 0 saturated carbocycles. The Hall–Kier alpha value is -0.920. The summed E-state index contributed by atoms with van der Waals surface area (Å²) in [6.07, 6.45) is 2.23. The number of sulfonamides is 1. The van der Waals surface area contributed by atoms with Crippen molar-refractivity contribution in [2.24, 2.45) is 5.92 Å². The lowest BCUT2D eigenvalue weighted by molar-refractivity contribution is 0.329. The summed E-state index contributed by atoms with van der Waals surface area (Å²) < 4.78 is 26.8. The summed E-state index contributed by atoms with van der Waals surface area (Å²) in [6.45, 7) is 4.83. The minimum atomic E-state index is -3.50. The van der Waals surface area contributed by atoms with Crippen molar-refractivity contribution in [3.8, 4) is 0 Å². The fourth-order valence-corrected chi connectivity index (χ4v) is 2.99. The van der Waals surface area contributed by atoms with Crippen molar-refractivity contribution in [1.29, 1.82) is 0 Å². The second-order valence-electron chi connectivity index (χ2n) is 5.13. The summed E-state index contributed by atoms with van der Waals surface area (Å²) in [5, 5.41) is 6.24. The zero-order valence-corrected chi connectivity index (χ0v) is 12.2. The monoisotopic (exact) mass is 274 g/mol. The van der Waals surface area contributed by atoms with Crippen molar-refractivity contribution in [2.45, 2.75) is 31.3 Å². The van der Waals surface area contributed by atoms with E-state index in [1.807, 2.05) is 19.0 Å². The molecule has 0 aromatic carbocycles. The van der Waals surface area contributed by atoms with Crippen LogP contribution < -0.4 is 4.72 Å². The standard InChI is InChI=1S/C11H22N4O2S/c1-9(2)7-10(8-15(3)4)14-18(16,17)11-5-6-12-13-11/h5-6,9-10,14H,7-8H2,1-4H3,(H,12,13). The maximum absolute atomic E-state index is 12.1. The summed E-state index contributed by atoms with van der Waals surface area (Å²) in [5.74, 6) is 0.430. The Kier molecular flexibility index (Phi) is 5.30. The molecule has 6 nitrogen and oxygen atoms in total. The molecule has 0 aliphatic rings. The van der Waals surface area contributed by atoms with Crippen molar-refractivity contribution in [1.82, 2.24) is 19.8 Å². The van der Waals surface area contributed by atoms with Crippen LogP contribution in [0.1, 0.15) is 20.3 Å². The van der Waals surface area contributed by atoms with Gasteiger partial charge in [0.25, 0.3) is 10.0 Å². The molecule has 0 radical (unpaired) electrons. The lowest BCUT2D eigenvalue weighted by Gasteiger charge is -2.23. The fraction of sp³-hybridized carbons (Fsp3) is 0.727. The van der Waals surface area contributed by atoms with E-state index < -0.39 is 10.0 Å². The zero-order valence-electron chi connectivity index (χ0n) is 11.3. The molecule has 1 rings (SSSR count). The minimum absolute atomic E-state index is 0.103. The third kappa shape index (κ3) is 4.75. The molecule has 1 aromatic heterocycles. The zero-order chi connectivity index (χ0) is 13.8. The van der Waals surface area contributed by atoms with Gasteiger partial charge in [0.1, 0.15) is 0 Å². The Morgan fingerprint density at radius 3 is 2.56 bits per heavy atom. The van der Waals surface area contributed by atoms with E-state index in [0.717, 1.165) is 6.42 Å². The van der Waals surface area contributed by atoms with Gasteiger partial charge in [0, 0.05) is 12.6 Å². The molecule has 1 unspecified atom stereocenters. The van der Waals surface area contributed by atoms with Crippen LogP contribution in [0.15, 0.2) is 17.3 Å². The third-order valence-corrected chi connectivity index (χ3v) is 3.88. The molecule has 18 heavy (non-hydrogen) atoms. The van der Waals surface area contributed by atoms with Crippen molar-refractivity contribution in [2.75, 3.05) is 20.6 Å². The van der Waals surface area contributed by atoms with Gasteiger partial charge in [-0.3, -0.25) is 5.10 Å². The van der Waals surface area contributed by atoms with Crippen molar-refractivity contribution < 1.29 is 8.42 Å². The van der Waals surface area contributed by atoms with Gasteiger partial charge in [-0.25, -0.2) is 13.1 Å². The predicted molar refractivity (Wildman–Crippen MR) is 70.7 cm³/mol. The van der Waals surface area contributed by atoms with E-state index in [0.29, 0.717) is 12.5 Å². The molecule has 0 bridgehead atoms. The van der Waals surface area contributed by atoms with Gasteiger partial charge in [0.05, 0.1) is 6.20 Å². The number of H-pyrrole nitrogens is 1. The topological polar surface area (TPSA) is 78.1 Å². The smallest absolute Gasteiger partial charge is 0.257 e. The Morgan fingerprint density at radius 2 is 2.11 bits per heavy atom. The van der Waals surface area contributed by atoms with Gasteiger partial charge in [-0.05, 0) is 32.5 Å². The van der Waals surface area contributed by atoms with Crippen molar-refractivity contribution in [3.63, 3.8) is 0 Å². The molecule has 7 heteroatoms. The van der Waals surface area contributed by atoms with Crippen LogP contribution in [-0.4, -0.2) is 50.2 Å². The van der Waals surface area contributed by atoms with Gasteiger partial charge in [-0.1, -0.05) is 13.8 Å². The van der Waals surface area contributed by atoms with Crippen LogP contribution in [0.2, 0.25) is 0 Å². The molecule has 0 saturated heterocycles. The number of nitrogens with one attached hydrogen (secondary N) is 2. The average Bonchev–Trinajstić information content (AvgIpc) is 2.66. The van der Waals surface area contributed by atoms with E-state index in [-0.39, 0.29) is 11.1 Å². The number of nitrogens with zero attached hydrogens (tertiary/aromatic N) is 2. The second-order valence-corrected chi connectivity index (χ2v) is 6.81. The molecule has 1 aromatic rings. The predicted octanol–water partition coefficient (Wildman–Crippen LogP) is 0.664.